The number of hydrogen-bond donors (Lipinski definition) is 1. The van der Waals surface area contributed by atoms with Crippen molar-refractivity contribution in [3.05, 3.63) is 76.7 Å². The van der Waals surface area contributed by atoms with Gasteiger partial charge in [0.25, 0.3) is 0 Å². The zero-order valence-corrected chi connectivity index (χ0v) is 20.1. The van der Waals surface area contributed by atoms with Gasteiger partial charge >= 0.3 is 6.03 Å². The fraction of sp³-hybridized carbons (Fsp3) is 0.407. The third-order valence-corrected chi connectivity index (χ3v) is 7.22. The lowest BCUT2D eigenvalue weighted by molar-refractivity contribution is -0.0355. The first-order valence-electron chi connectivity index (χ1n) is 12.0. The molecule has 1 aromatic heterocycles. The number of nitrogens with zero attached hydrogens (tertiary/aromatic N) is 2. The molecule has 1 atom stereocenters. The molecule has 0 saturated carbocycles. The number of urea groups is 1. The number of aryl methyl sites for hydroxylation is 1. The van der Waals surface area contributed by atoms with E-state index in [-0.39, 0.29) is 17.4 Å². The Hall–Kier alpha value is -3.39. The molecule has 35 heavy (non-hydrogen) atoms. The molecule has 184 valence electrons. The van der Waals surface area contributed by atoms with E-state index in [4.69, 9.17) is 14.0 Å². The Bertz CT molecular complexity index is 1170. The molecule has 1 unspecified atom stereocenters. The summed E-state index contributed by atoms with van der Waals surface area (Å²) in [5.41, 5.74) is 3.59. The van der Waals surface area contributed by atoms with E-state index in [1.165, 1.54) is 17.7 Å². The molecular formula is C27H30FN3O4. The molecule has 3 aromatic rings. The van der Waals surface area contributed by atoms with Crippen LogP contribution in [0.2, 0.25) is 0 Å². The van der Waals surface area contributed by atoms with E-state index in [2.05, 4.69) is 22.6 Å². The molecule has 1 N–H and O–H groups in total. The highest BCUT2D eigenvalue weighted by molar-refractivity contribution is 5.88. The van der Waals surface area contributed by atoms with E-state index >= 15 is 0 Å². The highest BCUT2D eigenvalue weighted by atomic mass is 19.1. The third-order valence-electron chi connectivity index (χ3n) is 7.22. The number of amides is 2. The van der Waals surface area contributed by atoms with Gasteiger partial charge in [0.15, 0.2) is 0 Å². The molecular weight excluding hydrogens is 449 g/mol. The number of rotatable bonds is 5. The van der Waals surface area contributed by atoms with Crippen LogP contribution in [0.25, 0.3) is 0 Å². The Balaban J connectivity index is 1.12. The molecule has 3 heterocycles. The Morgan fingerprint density at radius 1 is 1.14 bits per heavy atom. The molecule has 2 aromatic carbocycles. The van der Waals surface area contributed by atoms with E-state index in [1.54, 1.807) is 12.1 Å². The molecule has 0 radical (unpaired) electrons. The topological polar surface area (TPSA) is 76.8 Å². The zero-order chi connectivity index (χ0) is 24.4. The van der Waals surface area contributed by atoms with Gasteiger partial charge in [-0.05, 0) is 68.5 Å². The van der Waals surface area contributed by atoms with E-state index < -0.39 is 0 Å². The number of piperidine rings is 1. The van der Waals surface area contributed by atoms with Gasteiger partial charge < -0.3 is 18.9 Å². The van der Waals surface area contributed by atoms with Gasteiger partial charge in [0.1, 0.15) is 18.2 Å². The first-order valence-corrected chi connectivity index (χ1v) is 12.0. The highest BCUT2D eigenvalue weighted by Gasteiger charge is 2.43. The van der Waals surface area contributed by atoms with Gasteiger partial charge in [0.2, 0.25) is 5.88 Å². The molecule has 2 aliphatic heterocycles. The number of halogens is 1. The summed E-state index contributed by atoms with van der Waals surface area (Å²) in [4.78, 5) is 14.5. The summed E-state index contributed by atoms with van der Waals surface area (Å²) in [5.74, 6) is 1.26. The monoisotopic (exact) mass is 479 g/mol. The number of anilines is 1. The fourth-order valence-electron chi connectivity index (χ4n) is 4.82. The van der Waals surface area contributed by atoms with Gasteiger partial charge in [-0.1, -0.05) is 29.4 Å². The van der Waals surface area contributed by atoms with Crippen LogP contribution in [0.3, 0.4) is 0 Å². The minimum atomic E-state index is -0.250. The number of likely N-dealkylation sites (tertiary alicyclic amines) is 1. The molecule has 5 rings (SSSR count). The maximum absolute atomic E-state index is 13.0. The van der Waals surface area contributed by atoms with Gasteiger partial charge in [0.05, 0.1) is 17.9 Å². The van der Waals surface area contributed by atoms with Gasteiger partial charge in [-0.15, -0.1) is 0 Å². The summed E-state index contributed by atoms with van der Waals surface area (Å²) >= 11 is 0. The van der Waals surface area contributed by atoms with Crippen molar-refractivity contribution in [1.29, 1.82) is 0 Å². The first-order chi connectivity index (χ1) is 16.9. The van der Waals surface area contributed by atoms with Gasteiger partial charge in [-0.3, -0.25) is 5.32 Å². The quantitative estimate of drug-likeness (QED) is 0.517. The predicted molar refractivity (Wildman–Crippen MR) is 129 cm³/mol. The third kappa shape index (κ3) is 5.17. The molecule has 0 aliphatic carbocycles. The molecule has 8 heteroatoms. The van der Waals surface area contributed by atoms with Crippen LogP contribution in [0.5, 0.6) is 5.75 Å². The second-order valence-electron chi connectivity index (χ2n) is 9.52. The first kappa shape index (κ1) is 23.4. The van der Waals surface area contributed by atoms with Crippen molar-refractivity contribution >= 4 is 11.9 Å². The molecule has 2 fully saturated rings. The van der Waals surface area contributed by atoms with Crippen molar-refractivity contribution < 1.29 is 23.2 Å². The Morgan fingerprint density at radius 2 is 1.86 bits per heavy atom. The average Bonchev–Trinajstić information content (AvgIpc) is 3.43. The second kappa shape index (κ2) is 9.70. The molecule has 2 aliphatic rings. The Morgan fingerprint density at radius 3 is 2.51 bits per heavy atom. The maximum Gasteiger partial charge on any atom is 0.324 e. The number of carbonyl (C=O) groups is 1. The van der Waals surface area contributed by atoms with Crippen molar-refractivity contribution in [2.24, 2.45) is 0 Å². The highest BCUT2D eigenvalue weighted by Crippen LogP contribution is 2.43. The standard InChI is InChI=1S/C27H30FN3O4/c1-18-19(2)30-35-25(18)29-26(32)31-13-11-27(12-14-31)15-22(17-34-27)21-5-9-24(10-6-21)33-16-20-3-7-23(28)8-4-20/h3-10,22H,11-17H2,1-2H3,(H,29,32). The van der Waals surface area contributed by atoms with Crippen molar-refractivity contribution in [2.75, 3.05) is 25.0 Å². The molecule has 0 bridgehead atoms. The van der Waals surface area contributed by atoms with Crippen LogP contribution in [0.4, 0.5) is 15.1 Å². The smallest absolute Gasteiger partial charge is 0.324 e. The second-order valence-corrected chi connectivity index (χ2v) is 9.52. The number of aromatic nitrogens is 1. The predicted octanol–water partition coefficient (Wildman–Crippen LogP) is 5.58. The fourth-order valence-corrected chi connectivity index (χ4v) is 4.82. The van der Waals surface area contributed by atoms with Crippen LogP contribution >= 0.6 is 0 Å². The summed E-state index contributed by atoms with van der Waals surface area (Å²) in [5, 5.41) is 6.72. The normalized spacial score (nSPS) is 19.2. The zero-order valence-electron chi connectivity index (χ0n) is 20.1. The summed E-state index contributed by atoms with van der Waals surface area (Å²) in [6.07, 6.45) is 2.56. The largest absolute Gasteiger partial charge is 0.489 e. The van der Waals surface area contributed by atoms with Crippen LogP contribution in [-0.2, 0) is 11.3 Å². The van der Waals surface area contributed by atoms with E-state index in [0.717, 1.165) is 41.8 Å². The van der Waals surface area contributed by atoms with Crippen molar-refractivity contribution in [2.45, 2.75) is 51.2 Å². The van der Waals surface area contributed by atoms with Crippen LogP contribution in [-0.4, -0.2) is 41.4 Å². The molecule has 2 amide bonds. The minimum Gasteiger partial charge on any atom is -0.489 e. The van der Waals surface area contributed by atoms with Gasteiger partial charge in [-0.2, -0.15) is 0 Å². The van der Waals surface area contributed by atoms with E-state index in [9.17, 15) is 9.18 Å². The lowest BCUT2D eigenvalue weighted by Crippen LogP contribution is -2.47. The van der Waals surface area contributed by atoms with Crippen LogP contribution < -0.4 is 10.1 Å². The Labute approximate surface area is 204 Å². The molecule has 1 spiro atoms. The van der Waals surface area contributed by atoms with Crippen molar-refractivity contribution in [1.82, 2.24) is 10.1 Å². The average molecular weight is 480 g/mol. The van der Waals surface area contributed by atoms with Crippen molar-refractivity contribution in [3.8, 4) is 5.75 Å². The lowest BCUT2D eigenvalue weighted by Gasteiger charge is -2.38. The molecule has 7 nitrogen and oxygen atoms in total. The van der Waals surface area contributed by atoms with Crippen LogP contribution in [0, 0.1) is 19.7 Å². The van der Waals surface area contributed by atoms with E-state index in [0.29, 0.717) is 38.1 Å². The summed E-state index contributed by atoms with van der Waals surface area (Å²) in [7, 11) is 0. The van der Waals surface area contributed by atoms with Crippen LogP contribution in [0.15, 0.2) is 53.1 Å². The lowest BCUT2D eigenvalue weighted by atomic mass is 9.83. The van der Waals surface area contributed by atoms with E-state index in [1.807, 2.05) is 30.9 Å². The SMILES string of the molecule is Cc1noc(NC(=O)N2CCC3(CC2)CC(c2ccc(OCc4ccc(F)cc4)cc2)CO3)c1C. The van der Waals surface area contributed by atoms with Crippen molar-refractivity contribution in [3.63, 3.8) is 0 Å². The number of hydrogen-bond acceptors (Lipinski definition) is 5. The van der Waals surface area contributed by atoms with Gasteiger partial charge in [-0.25, -0.2) is 9.18 Å². The number of carbonyl (C=O) groups excluding carboxylic acids is 1. The maximum atomic E-state index is 13.0. The summed E-state index contributed by atoms with van der Waals surface area (Å²) in [6, 6.07) is 14.3. The summed E-state index contributed by atoms with van der Waals surface area (Å²) in [6.45, 7) is 6.08. The summed E-state index contributed by atoms with van der Waals surface area (Å²) < 4.78 is 30.4. The van der Waals surface area contributed by atoms with Gasteiger partial charge in [0, 0.05) is 24.6 Å². The van der Waals surface area contributed by atoms with Crippen LogP contribution in [0.1, 0.15) is 47.6 Å². The number of nitrogens with one attached hydrogen (secondary N) is 1. The number of benzene rings is 2. The minimum absolute atomic E-state index is 0.162. The Kier molecular flexibility index (Phi) is 6.47. The number of ether oxygens (including phenoxy) is 2. The molecule has 2 saturated heterocycles.